The van der Waals surface area contributed by atoms with Crippen LogP contribution in [0.25, 0.3) is 0 Å². The molecule has 1 fully saturated rings. The van der Waals surface area contributed by atoms with Gasteiger partial charge >= 0.3 is 0 Å². The van der Waals surface area contributed by atoms with Crippen LogP contribution in [-0.2, 0) is 0 Å². The first-order valence-electron chi connectivity index (χ1n) is 6.14. The molecular formula is C13H18ClFN2O2. The van der Waals surface area contributed by atoms with Crippen LogP contribution >= 0.6 is 11.6 Å². The molecule has 1 aliphatic rings. The van der Waals surface area contributed by atoms with Crippen molar-refractivity contribution < 1.29 is 14.2 Å². The maximum atomic E-state index is 14.3. The predicted molar refractivity (Wildman–Crippen MR) is 72.2 cm³/mol. The summed E-state index contributed by atoms with van der Waals surface area (Å²) in [6.07, 6.45) is 0.722. The second-order valence-corrected chi connectivity index (χ2v) is 5.34. The molecule has 3 N–H and O–H groups in total. The number of methoxy groups -OCH3 is 1. The summed E-state index contributed by atoms with van der Waals surface area (Å²) in [5, 5.41) is 9.75. The Hall–Kier alpha value is -1.04. The summed E-state index contributed by atoms with van der Waals surface area (Å²) in [7, 11) is 3.30. The van der Waals surface area contributed by atoms with Crippen molar-refractivity contribution in [2.24, 2.45) is 11.7 Å². The minimum Gasteiger partial charge on any atom is -0.504 e. The molecule has 1 aromatic carbocycles. The lowest BCUT2D eigenvalue weighted by Gasteiger charge is -2.23. The maximum Gasteiger partial charge on any atom is 0.168 e. The SMILES string of the molecule is COc1c(O)cc(Cl)c(F)c1C1CC(CN)CN1C. The van der Waals surface area contributed by atoms with Crippen LogP contribution < -0.4 is 10.5 Å². The van der Waals surface area contributed by atoms with E-state index in [1.165, 1.54) is 7.11 Å². The van der Waals surface area contributed by atoms with Crippen LogP contribution in [-0.4, -0.2) is 37.3 Å². The molecule has 1 saturated heterocycles. The fraction of sp³-hybridized carbons (Fsp3) is 0.538. The third kappa shape index (κ3) is 2.50. The van der Waals surface area contributed by atoms with Gasteiger partial charge in [0.15, 0.2) is 17.3 Å². The van der Waals surface area contributed by atoms with Gasteiger partial charge in [-0.15, -0.1) is 0 Å². The van der Waals surface area contributed by atoms with E-state index in [9.17, 15) is 9.50 Å². The zero-order chi connectivity index (χ0) is 14.2. The van der Waals surface area contributed by atoms with Crippen molar-refractivity contribution in [1.29, 1.82) is 0 Å². The Morgan fingerprint density at radius 1 is 1.63 bits per heavy atom. The van der Waals surface area contributed by atoms with Gasteiger partial charge in [0.05, 0.1) is 17.7 Å². The number of aromatic hydroxyl groups is 1. The van der Waals surface area contributed by atoms with Crippen molar-refractivity contribution in [3.05, 3.63) is 22.5 Å². The van der Waals surface area contributed by atoms with Crippen molar-refractivity contribution in [3.8, 4) is 11.5 Å². The number of nitrogens with zero attached hydrogens (tertiary/aromatic N) is 1. The minimum absolute atomic E-state index is 0.0992. The van der Waals surface area contributed by atoms with E-state index < -0.39 is 5.82 Å². The normalized spacial score (nSPS) is 23.8. The van der Waals surface area contributed by atoms with Crippen molar-refractivity contribution in [3.63, 3.8) is 0 Å². The number of rotatable bonds is 3. The van der Waals surface area contributed by atoms with E-state index in [0.29, 0.717) is 18.0 Å². The molecule has 1 heterocycles. The summed E-state index contributed by atoms with van der Waals surface area (Å²) >= 11 is 5.81. The van der Waals surface area contributed by atoms with Gasteiger partial charge in [0.2, 0.25) is 0 Å². The number of phenols is 1. The summed E-state index contributed by atoms with van der Waals surface area (Å²) < 4.78 is 19.4. The Kier molecular flexibility index (Phi) is 4.18. The average molecular weight is 289 g/mol. The quantitative estimate of drug-likeness (QED) is 0.895. The van der Waals surface area contributed by atoms with E-state index in [1.807, 2.05) is 11.9 Å². The van der Waals surface area contributed by atoms with Crippen molar-refractivity contribution in [2.75, 3.05) is 27.2 Å². The van der Waals surface area contributed by atoms with Gasteiger partial charge in [-0.05, 0) is 25.9 Å². The number of nitrogens with two attached hydrogens (primary N) is 1. The number of likely N-dealkylation sites (tertiary alicyclic amines) is 1. The van der Waals surface area contributed by atoms with Crippen molar-refractivity contribution in [2.45, 2.75) is 12.5 Å². The van der Waals surface area contributed by atoms with Crippen LogP contribution in [0.4, 0.5) is 4.39 Å². The Balaban J connectivity index is 2.49. The molecule has 2 atom stereocenters. The number of hydrogen-bond donors (Lipinski definition) is 2. The van der Waals surface area contributed by atoms with Crippen molar-refractivity contribution in [1.82, 2.24) is 4.90 Å². The first kappa shape index (κ1) is 14.4. The lowest BCUT2D eigenvalue weighted by Crippen LogP contribution is -2.21. The van der Waals surface area contributed by atoms with Crippen LogP contribution in [0.5, 0.6) is 11.5 Å². The molecule has 2 unspecified atom stereocenters. The van der Waals surface area contributed by atoms with Gasteiger partial charge in [0.1, 0.15) is 0 Å². The monoisotopic (exact) mass is 288 g/mol. The highest BCUT2D eigenvalue weighted by molar-refractivity contribution is 6.31. The van der Waals surface area contributed by atoms with E-state index in [-0.39, 0.29) is 22.6 Å². The highest BCUT2D eigenvalue weighted by atomic mass is 35.5. The average Bonchev–Trinajstić information content (AvgIpc) is 2.74. The fourth-order valence-electron chi connectivity index (χ4n) is 2.74. The fourth-order valence-corrected chi connectivity index (χ4v) is 2.95. The van der Waals surface area contributed by atoms with Crippen LogP contribution in [0.3, 0.4) is 0 Å². The number of ether oxygens (including phenoxy) is 1. The molecule has 0 bridgehead atoms. The van der Waals surface area contributed by atoms with Gasteiger partial charge in [0.25, 0.3) is 0 Å². The highest BCUT2D eigenvalue weighted by Crippen LogP contribution is 2.45. The maximum absolute atomic E-state index is 14.3. The molecule has 19 heavy (non-hydrogen) atoms. The van der Waals surface area contributed by atoms with Gasteiger partial charge < -0.3 is 15.6 Å². The van der Waals surface area contributed by atoms with E-state index >= 15 is 0 Å². The molecule has 1 aromatic rings. The highest BCUT2D eigenvalue weighted by Gasteiger charge is 2.35. The number of halogens is 2. The first-order chi connectivity index (χ1) is 8.99. The summed E-state index contributed by atoms with van der Waals surface area (Å²) in [6.45, 7) is 1.34. The second kappa shape index (κ2) is 5.53. The molecule has 1 aliphatic heterocycles. The van der Waals surface area contributed by atoms with E-state index in [0.717, 1.165) is 19.0 Å². The topological polar surface area (TPSA) is 58.7 Å². The first-order valence-corrected chi connectivity index (χ1v) is 6.52. The molecule has 6 heteroatoms. The van der Waals surface area contributed by atoms with Gasteiger partial charge in [-0.2, -0.15) is 0 Å². The predicted octanol–water partition coefficient (Wildman–Crippen LogP) is 2.14. The molecule has 2 rings (SSSR count). The lowest BCUT2D eigenvalue weighted by molar-refractivity contribution is 0.289. The number of benzene rings is 1. The summed E-state index contributed by atoms with van der Waals surface area (Å²) in [5.41, 5.74) is 5.99. The zero-order valence-corrected chi connectivity index (χ0v) is 11.7. The molecule has 4 nitrogen and oxygen atoms in total. The molecular weight excluding hydrogens is 271 g/mol. The van der Waals surface area contributed by atoms with Gasteiger partial charge in [0, 0.05) is 18.7 Å². The van der Waals surface area contributed by atoms with Crippen LogP contribution in [0, 0.1) is 11.7 Å². The second-order valence-electron chi connectivity index (χ2n) is 4.93. The molecule has 0 radical (unpaired) electrons. The third-order valence-electron chi connectivity index (χ3n) is 3.69. The largest absolute Gasteiger partial charge is 0.504 e. The molecule has 0 aliphatic carbocycles. The van der Waals surface area contributed by atoms with Crippen LogP contribution in [0.15, 0.2) is 6.07 Å². The molecule has 0 spiro atoms. The summed E-state index contributed by atoms with van der Waals surface area (Å²) in [6, 6.07) is 0.974. The standard InChI is InChI=1S/C13H18ClFN2O2/c1-17-6-7(5-16)3-9(17)11-12(15)8(14)4-10(18)13(11)19-2/h4,7,9,18H,3,5-6,16H2,1-2H3. The van der Waals surface area contributed by atoms with Crippen LogP contribution in [0.1, 0.15) is 18.0 Å². The van der Waals surface area contributed by atoms with E-state index in [1.54, 1.807) is 0 Å². The molecule has 0 aromatic heterocycles. The minimum atomic E-state index is -0.536. The Morgan fingerprint density at radius 3 is 2.84 bits per heavy atom. The third-order valence-corrected chi connectivity index (χ3v) is 3.97. The Morgan fingerprint density at radius 2 is 2.32 bits per heavy atom. The number of hydrogen-bond acceptors (Lipinski definition) is 4. The molecule has 106 valence electrons. The zero-order valence-electron chi connectivity index (χ0n) is 11.0. The van der Waals surface area contributed by atoms with Gasteiger partial charge in [-0.1, -0.05) is 11.6 Å². The van der Waals surface area contributed by atoms with Gasteiger partial charge in [-0.25, -0.2) is 4.39 Å². The summed E-state index contributed by atoms with van der Waals surface area (Å²) in [4.78, 5) is 2.01. The van der Waals surface area contributed by atoms with E-state index in [4.69, 9.17) is 22.1 Å². The van der Waals surface area contributed by atoms with Crippen LogP contribution in [0.2, 0.25) is 5.02 Å². The molecule has 0 saturated carbocycles. The summed E-state index contributed by atoms with van der Waals surface area (Å²) in [5.74, 6) is -0.226. The Labute approximate surface area is 116 Å². The number of phenolic OH excluding ortho intramolecular Hbond substituents is 1. The van der Waals surface area contributed by atoms with Crippen molar-refractivity contribution >= 4 is 11.6 Å². The lowest BCUT2D eigenvalue weighted by atomic mass is 9.98. The van der Waals surface area contributed by atoms with E-state index in [2.05, 4.69) is 0 Å². The van der Waals surface area contributed by atoms with Gasteiger partial charge in [-0.3, -0.25) is 4.90 Å². The molecule has 0 amide bonds. The smallest absolute Gasteiger partial charge is 0.168 e. The Bertz CT molecular complexity index is 484.